The van der Waals surface area contributed by atoms with E-state index in [1.807, 2.05) is 31.2 Å². The molecule has 1 saturated heterocycles. The molecular formula is C31H34N4O5S. The van der Waals surface area contributed by atoms with Gasteiger partial charge in [0.15, 0.2) is 0 Å². The molecule has 1 aromatic heterocycles. The largest absolute Gasteiger partial charge is 0.494 e. The fourth-order valence-corrected chi connectivity index (χ4v) is 4.78. The minimum atomic E-state index is -3.80. The molecule has 0 radical (unpaired) electrons. The van der Waals surface area contributed by atoms with E-state index in [-0.39, 0.29) is 11.5 Å². The van der Waals surface area contributed by atoms with E-state index in [4.69, 9.17) is 4.74 Å². The number of hydrogen-bond acceptors (Lipinski definition) is 7. The van der Waals surface area contributed by atoms with Gasteiger partial charge in [0, 0.05) is 61.0 Å². The molecule has 0 unspecified atom stereocenters. The maximum atomic E-state index is 13.2. The van der Waals surface area contributed by atoms with Crippen LogP contribution in [0.4, 0.5) is 5.69 Å². The Morgan fingerprint density at radius 3 is 2.27 bits per heavy atom. The molecule has 0 atom stereocenters. The Morgan fingerprint density at radius 2 is 1.61 bits per heavy atom. The summed E-state index contributed by atoms with van der Waals surface area (Å²) in [7, 11) is -3.80. The molecule has 3 aromatic rings. The second-order valence-corrected chi connectivity index (χ2v) is 13.0. The molecule has 1 aliphatic heterocycles. The third kappa shape index (κ3) is 7.44. The molecule has 9 nitrogen and oxygen atoms in total. The summed E-state index contributed by atoms with van der Waals surface area (Å²) < 4.78 is 31.1. The number of sulfonamides is 1. The molecular weight excluding hydrogens is 540 g/mol. The van der Waals surface area contributed by atoms with Gasteiger partial charge in [-0.1, -0.05) is 17.9 Å². The SMILES string of the molecule is CCOc1cccc(C#Cc2cncc(C(=O)N3CCN(c4ccc(C(=O)NS(=O)(=O)C(C)(C)C)cc4)CC3)c2)c1. The van der Waals surface area contributed by atoms with Gasteiger partial charge in [-0.2, -0.15) is 0 Å². The zero-order chi connectivity index (χ0) is 29.6. The number of rotatable bonds is 6. The van der Waals surface area contributed by atoms with Gasteiger partial charge in [0.25, 0.3) is 11.8 Å². The first kappa shape index (κ1) is 29.6. The number of nitrogens with one attached hydrogen (secondary N) is 1. The summed E-state index contributed by atoms with van der Waals surface area (Å²) in [5.74, 6) is 6.17. The van der Waals surface area contributed by atoms with Crippen LogP contribution in [0.25, 0.3) is 0 Å². The second kappa shape index (κ2) is 12.4. The number of anilines is 1. The fourth-order valence-electron chi connectivity index (χ4n) is 4.11. The van der Waals surface area contributed by atoms with E-state index in [0.29, 0.717) is 43.9 Å². The quantitative estimate of drug-likeness (QED) is 0.447. The molecule has 10 heteroatoms. The first-order valence-corrected chi connectivity index (χ1v) is 14.9. The number of ether oxygens (including phenoxy) is 1. The van der Waals surface area contributed by atoms with E-state index in [0.717, 1.165) is 17.0 Å². The molecule has 0 saturated carbocycles. The Labute approximate surface area is 241 Å². The van der Waals surface area contributed by atoms with Gasteiger partial charge in [-0.3, -0.25) is 14.6 Å². The summed E-state index contributed by atoms with van der Waals surface area (Å²) in [6.07, 6.45) is 3.19. The van der Waals surface area contributed by atoms with Crippen LogP contribution in [0.2, 0.25) is 0 Å². The summed E-state index contributed by atoms with van der Waals surface area (Å²) in [4.78, 5) is 33.8. The van der Waals surface area contributed by atoms with E-state index in [2.05, 4.69) is 26.4 Å². The lowest BCUT2D eigenvalue weighted by Gasteiger charge is -2.36. The summed E-state index contributed by atoms with van der Waals surface area (Å²) in [5, 5.41) is 0. The Bertz CT molecular complexity index is 1580. The number of pyridine rings is 1. The summed E-state index contributed by atoms with van der Waals surface area (Å²) in [6.45, 7) is 9.36. The van der Waals surface area contributed by atoms with Gasteiger partial charge in [0.2, 0.25) is 10.0 Å². The zero-order valence-corrected chi connectivity index (χ0v) is 24.5. The van der Waals surface area contributed by atoms with Crippen LogP contribution in [-0.4, -0.2) is 67.6 Å². The van der Waals surface area contributed by atoms with Crippen molar-refractivity contribution < 1.29 is 22.7 Å². The molecule has 0 aliphatic carbocycles. The van der Waals surface area contributed by atoms with Crippen molar-refractivity contribution in [1.29, 1.82) is 0 Å². The number of benzene rings is 2. The Kier molecular flexibility index (Phi) is 8.98. The van der Waals surface area contributed by atoms with Crippen LogP contribution in [0.5, 0.6) is 5.75 Å². The number of carbonyl (C=O) groups excluding carboxylic acids is 2. The third-order valence-electron chi connectivity index (χ3n) is 6.58. The van der Waals surface area contributed by atoms with Crippen LogP contribution < -0.4 is 14.4 Å². The number of amides is 2. The molecule has 41 heavy (non-hydrogen) atoms. The molecule has 4 rings (SSSR count). The normalized spacial score (nSPS) is 13.7. The maximum Gasteiger partial charge on any atom is 0.264 e. The van der Waals surface area contributed by atoms with Crippen LogP contribution in [0, 0.1) is 11.8 Å². The number of nitrogens with zero attached hydrogens (tertiary/aromatic N) is 3. The van der Waals surface area contributed by atoms with Crippen molar-refractivity contribution in [3.05, 3.63) is 89.2 Å². The summed E-state index contributed by atoms with van der Waals surface area (Å²) in [6, 6.07) is 16.1. The fraction of sp³-hybridized carbons (Fsp3) is 0.323. The molecule has 214 valence electrons. The van der Waals surface area contributed by atoms with Crippen molar-refractivity contribution in [3.8, 4) is 17.6 Å². The number of hydrogen-bond donors (Lipinski definition) is 1. The Morgan fingerprint density at radius 1 is 0.927 bits per heavy atom. The maximum absolute atomic E-state index is 13.2. The van der Waals surface area contributed by atoms with Crippen LogP contribution in [-0.2, 0) is 10.0 Å². The van der Waals surface area contributed by atoms with Gasteiger partial charge in [-0.25, -0.2) is 13.1 Å². The van der Waals surface area contributed by atoms with Crippen molar-refractivity contribution in [2.75, 3.05) is 37.7 Å². The lowest BCUT2D eigenvalue weighted by molar-refractivity contribution is 0.0746. The van der Waals surface area contributed by atoms with Crippen molar-refractivity contribution in [3.63, 3.8) is 0 Å². The van der Waals surface area contributed by atoms with E-state index < -0.39 is 20.7 Å². The highest BCUT2D eigenvalue weighted by Gasteiger charge is 2.31. The van der Waals surface area contributed by atoms with Gasteiger partial charge < -0.3 is 14.5 Å². The predicted molar refractivity (Wildman–Crippen MR) is 159 cm³/mol. The molecule has 2 amide bonds. The third-order valence-corrected chi connectivity index (χ3v) is 8.64. The van der Waals surface area contributed by atoms with Gasteiger partial charge >= 0.3 is 0 Å². The van der Waals surface area contributed by atoms with Crippen LogP contribution >= 0.6 is 0 Å². The highest BCUT2D eigenvalue weighted by Crippen LogP contribution is 2.20. The molecule has 0 bridgehead atoms. The van der Waals surface area contributed by atoms with Crippen LogP contribution in [0.3, 0.4) is 0 Å². The van der Waals surface area contributed by atoms with E-state index in [1.165, 1.54) is 20.8 Å². The number of piperazine rings is 1. The van der Waals surface area contributed by atoms with Crippen molar-refractivity contribution in [2.45, 2.75) is 32.4 Å². The van der Waals surface area contributed by atoms with E-state index in [1.54, 1.807) is 47.6 Å². The second-order valence-electron chi connectivity index (χ2n) is 10.5. The van der Waals surface area contributed by atoms with Gasteiger partial charge in [0.05, 0.1) is 16.9 Å². The molecule has 2 heterocycles. The topological polar surface area (TPSA) is 109 Å². The monoisotopic (exact) mass is 574 g/mol. The van der Waals surface area contributed by atoms with Crippen LogP contribution in [0.1, 0.15) is 59.5 Å². The molecule has 2 aromatic carbocycles. The lowest BCUT2D eigenvalue weighted by atomic mass is 10.1. The van der Waals surface area contributed by atoms with E-state index in [9.17, 15) is 18.0 Å². The number of aromatic nitrogens is 1. The van der Waals surface area contributed by atoms with Crippen molar-refractivity contribution in [2.24, 2.45) is 0 Å². The van der Waals surface area contributed by atoms with Gasteiger partial charge in [-0.15, -0.1) is 0 Å². The molecule has 1 fully saturated rings. The first-order chi connectivity index (χ1) is 19.5. The molecule has 0 spiro atoms. The number of carbonyl (C=O) groups is 2. The summed E-state index contributed by atoms with van der Waals surface area (Å²) >= 11 is 0. The highest BCUT2D eigenvalue weighted by atomic mass is 32.2. The average Bonchev–Trinajstić information content (AvgIpc) is 2.96. The van der Waals surface area contributed by atoms with Crippen LogP contribution in [0.15, 0.2) is 67.0 Å². The lowest BCUT2D eigenvalue weighted by Crippen LogP contribution is -2.48. The van der Waals surface area contributed by atoms with Gasteiger partial charge in [0.1, 0.15) is 5.75 Å². The Hall–Kier alpha value is -4.36. The predicted octanol–water partition coefficient (Wildman–Crippen LogP) is 3.70. The zero-order valence-electron chi connectivity index (χ0n) is 23.7. The minimum absolute atomic E-state index is 0.105. The molecule has 1 N–H and O–H groups in total. The van der Waals surface area contributed by atoms with Gasteiger partial charge in [-0.05, 0) is 76.2 Å². The standard InChI is InChI=1S/C31H34N4O5S/c1-5-40-28-8-6-7-23(20-28)9-10-24-19-26(22-32-21-24)30(37)35-17-15-34(16-18-35)27-13-11-25(12-14-27)29(36)33-41(38,39)31(2,3)4/h6-8,11-14,19-22H,5,15-18H2,1-4H3,(H,33,36). The van der Waals surface area contributed by atoms with E-state index >= 15 is 0 Å². The average molecular weight is 575 g/mol. The smallest absolute Gasteiger partial charge is 0.264 e. The molecule has 1 aliphatic rings. The summed E-state index contributed by atoms with van der Waals surface area (Å²) in [5.41, 5.74) is 3.09. The first-order valence-electron chi connectivity index (χ1n) is 13.4. The highest BCUT2D eigenvalue weighted by molar-refractivity contribution is 7.91. The Balaban J connectivity index is 1.35. The van der Waals surface area contributed by atoms with Crippen molar-refractivity contribution >= 4 is 27.5 Å². The van der Waals surface area contributed by atoms with Crippen molar-refractivity contribution in [1.82, 2.24) is 14.6 Å². The minimum Gasteiger partial charge on any atom is -0.494 e.